The van der Waals surface area contributed by atoms with E-state index in [-0.39, 0.29) is 0 Å². The third kappa shape index (κ3) is 4.25. The summed E-state index contributed by atoms with van der Waals surface area (Å²) in [5, 5.41) is 0. The fourth-order valence-electron chi connectivity index (χ4n) is 2.61. The molecule has 1 aromatic carbocycles. The molecule has 0 amide bonds. The molecule has 1 saturated carbocycles. The van der Waals surface area contributed by atoms with E-state index in [1.54, 1.807) is 6.07 Å². The van der Waals surface area contributed by atoms with Gasteiger partial charge in [-0.05, 0) is 56.2 Å². The molecule has 1 fully saturated rings. The van der Waals surface area contributed by atoms with E-state index in [1.165, 1.54) is 12.1 Å². The van der Waals surface area contributed by atoms with Crippen LogP contribution in [0.3, 0.4) is 0 Å². The van der Waals surface area contributed by atoms with Crippen LogP contribution >= 0.6 is 15.9 Å². The topological polar surface area (TPSA) is 9.23 Å². The van der Waals surface area contributed by atoms with E-state index in [1.807, 2.05) is 6.92 Å². The second-order valence-corrected chi connectivity index (χ2v) is 6.50. The maximum absolute atomic E-state index is 13.1. The summed E-state index contributed by atoms with van der Waals surface area (Å²) in [5.41, 5.74) is 0.835. The molecule has 1 unspecified atom stereocenters. The summed E-state index contributed by atoms with van der Waals surface area (Å²) in [6, 6.07) is 4.13. The smallest absolute Gasteiger partial charge is 0.159 e. The Hall–Kier alpha value is -0.480. The number of hydrogen-bond donors (Lipinski definition) is 0. The largest absolute Gasteiger partial charge is 0.378 e. The summed E-state index contributed by atoms with van der Waals surface area (Å²) in [5.74, 6) is -0.864. The van der Waals surface area contributed by atoms with Crippen molar-refractivity contribution in [3.63, 3.8) is 0 Å². The third-order valence-corrected chi connectivity index (χ3v) is 4.32. The summed E-state index contributed by atoms with van der Waals surface area (Å²) in [7, 11) is 0. The number of halogens is 3. The maximum Gasteiger partial charge on any atom is 0.159 e. The molecule has 0 spiro atoms. The van der Waals surface area contributed by atoms with Crippen LogP contribution in [0, 0.1) is 17.6 Å². The molecule has 1 nitrogen and oxygen atoms in total. The predicted molar refractivity (Wildman–Crippen MR) is 75.5 cm³/mol. The summed E-state index contributed by atoms with van der Waals surface area (Å²) in [6.07, 6.45) is 4.45. The fraction of sp³-hybridized carbons (Fsp3) is 0.600. The third-order valence-electron chi connectivity index (χ3n) is 3.63. The van der Waals surface area contributed by atoms with Crippen LogP contribution in [0.5, 0.6) is 0 Å². The zero-order valence-electron chi connectivity index (χ0n) is 11.0. The highest BCUT2D eigenvalue weighted by Crippen LogP contribution is 2.35. The lowest BCUT2D eigenvalue weighted by molar-refractivity contribution is -0.0263. The number of ether oxygens (including phenoxy) is 1. The van der Waals surface area contributed by atoms with Crippen molar-refractivity contribution in [2.75, 3.05) is 6.61 Å². The van der Waals surface area contributed by atoms with Gasteiger partial charge in [0.1, 0.15) is 0 Å². The minimum atomic E-state index is -0.784. The molecule has 2 rings (SSSR count). The summed E-state index contributed by atoms with van der Waals surface area (Å²) in [6.45, 7) is 2.80. The first-order valence-electron chi connectivity index (χ1n) is 6.78. The highest BCUT2D eigenvalue weighted by Gasteiger charge is 2.30. The minimum absolute atomic E-state index is 0.310. The predicted octanol–water partition coefficient (Wildman–Crippen LogP) is 4.48. The minimum Gasteiger partial charge on any atom is -0.378 e. The van der Waals surface area contributed by atoms with Gasteiger partial charge in [0.15, 0.2) is 11.6 Å². The Morgan fingerprint density at radius 3 is 2.68 bits per heavy atom. The first-order chi connectivity index (χ1) is 9.08. The SMILES string of the molecule is CCOC1CC(CC(Br)Cc2ccc(F)c(F)c2)C1. The van der Waals surface area contributed by atoms with E-state index in [0.717, 1.165) is 37.9 Å². The molecular formula is C15H19BrF2O. The molecule has 0 N–H and O–H groups in total. The van der Waals surface area contributed by atoms with Gasteiger partial charge in [-0.15, -0.1) is 0 Å². The van der Waals surface area contributed by atoms with Crippen molar-refractivity contribution >= 4 is 15.9 Å². The van der Waals surface area contributed by atoms with E-state index in [9.17, 15) is 8.78 Å². The first kappa shape index (κ1) is 14.9. The van der Waals surface area contributed by atoms with Gasteiger partial charge in [0.2, 0.25) is 0 Å². The van der Waals surface area contributed by atoms with Gasteiger partial charge in [-0.2, -0.15) is 0 Å². The Bertz CT molecular complexity index is 419. The van der Waals surface area contributed by atoms with E-state index in [4.69, 9.17) is 4.74 Å². The molecule has 0 radical (unpaired) electrons. The van der Waals surface area contributed by atoms with Crippen LogP contribution < -0.4 is 0 Å². The van der Waals surface area contributed by atoms with Gasteiger partial charge in [0.05, 0.1) is 6.10 Å². The Morgan fingerprint density at radius 1 is 1.32 bits per heavy atom. The van der Waals surface area contributed by atoms with Gasteiger partial charge in [0, 0.05) is 11.4 Å². The molecule has 0 saturated heterocycles. The number of rotatable bonds is 6. The maximum atomic E-state index is 13.1. The Labute approximate surface area is 121 Å². The molecule has 1 aliphatic rings. The molecule has 1 atom stereocenters. The van der Waals surface area contributed by atoms with Crippen LogP contribution in [0.1, 0.15) is 31.7 Å². The summed E-state index contributed by atoms with van der Waals surface area (Å²) in [4.78, 5) is 0.310. The number of benzene rings is 1. The average Bonchev–Trinajstić information content (AvgIpc) is 2.31. The van der Waals surface area contributed by atoms with Crippen molar-refractivity contribution in [2.24, 2.45) is 5.92 Å². The Kier molecular flexibility index (Phi) is 5.34. The lowest BCUT2D eigenvalue weighted by Crippen LogP contribution is -2.33. The Balaban J connectivity index is 1.75. The molecule has 0 bridgehead atoms. The van der Waals surface area contributed by atoms with Gasteiger partial charge in [-0.25, -0.2) is 8.78 Å². The van der Waals surface area contributed by atoms with Crippen LogP contribution in [-0.4, -0.2) is 17.5 Å². The molecule has 1 aliphatic carbocycles. The summed E-state index contributed by atoms with van der Waals surface area (Å²) >= 11 is 3.63. The van der Waals surface area contributed by atoms with Crippen LogP contribution in [-0.2, 0) is 11.2 Å². The molecule has 1 aromatic rings. The lowest BCUT2D eigenvalue weighted by atomic mass is 9.79. The molecule has 106 valence electrons. The number of hydrogen-bond acceptors (Lipinski definition) is 1. The highest BCUT2D eigenvalue weighted by atomic mass is 79.9. The Morgan fingerprint density at radius 2 is 2.05 bits per heavy atom. The normalized spacial score (nSPS) is 24.0. The average molecular weight is 333 g/mol. The quantitative estimate of drug-likeness (QED) is 0.698. The van der Waals surface area contributed by atoms with E-state index in [0.29, 0.717) is 16.8 Å². The molecule has 4 heteroatoms. The van der Waals surface area contributed by atoms with Gasteiger partial charge < -0.3 is 4.74 Å². The van der Waals surface area contributed by atoms with Gasteiger partial charge in [0.25, 0.3) is 0 Å². The second kappa shape index (κ2) is 6.80. The second-order valence-electron chi connectivity index (χ2n) is 5.20. The van der Waals surface area contributed by atoms with Crippen molar-refractivity contribution in [1.82, 2.24) is 0 Å². The van der Waals surface area contributed by atoms with Crippen molar-refractivity contribution in [1.29, 1.82) is 0 Å². The van der Waals surface area contributed by atoms with Crippen LogP contribution in [0.15, 0.2) is 18.2 Å². The highest BCUT2D eigenvalue weighted by molar-refractivity contribution is 9.09. The van der Waals surface area contributed by atoms with E-state index < -0.39 is 11.6 Å². The van der Waals surface area contributed by atoms with Crippen molar-refractivity contribution in [3.05, 3.63) is 35.4 Å². The monoisotopic (exact) mass is 332 g/mol. The van der Waals surface area contributed by atoms with Crippen LogP contribution in [0.2, 0.25) is 0 Å². The zero-order valence-corrected chi connectivity index (χ0v) is 12.6. The zero-order chi connectivity index (χ0) is 13.8. The van der Waals surface area contributed by atoms with Crippen molar-refractivity contribution < 1.29 is 13.5 Å². The van der Waals surface area contributed by atoms with Crippen LogP contribution in [0.25, 0.3) is 0 Å². The van der Waals surface area contributed by atoms with Crippen LogP contribution in [0.4, 0.5) is 8.78 Å². The van der Waals surface area contributed by atoms with Gasteiger partial charge >= 0.3 is 0 Å². The van der Waals surface area contributed by atoms with Gasteiger partial charge in [-0.3, -0.25) is 0 Å². The lowest BCUT2D eigenvalue weighted by Gasteiger charge is -2.36. The fourth-order valence-corrected chi connectivity index (χ4v) is 3.51. The van der Waals surface area contributed by atoms with E-state index in [2.05, 4.69) is 15.9 Å². The molecular weight excluding hydrogens is 314 g/mol. The molecule has 0 aromatic heterocycles. The molecule has 0 aliphatic heterocycles. The first-order valence-corrected chi connectivity index (χ1v) is 7.69. The molecule has 19 heavy (non-hydrogen) atoms. The van der Waals surface area contributed by atoms with E-state index >= 15 is 0 Å². The molecule has 0 heterocycles. The number of alkyl halides is 1. The van der Waals surface area contributed by atoms with Gasteiger partial charge in [-0.1, -0.05) is 22.0 Å². The summed E-state index contributed by atoms with van der Waals surface area (Å²) < 4.78 is 31.5. The standard InChI is InChI=1S/C15H19BrF2O/c1-2-19-13-7-11(8-13)6-12(16)5-10-3-4-14(17)15(18)9-10/h3-4,9,11-13H,2,5-8H2,1H3. The van der Waals surface area contributed by atoms with Crippen molar-refractivity contribution in [3.8, 4) is 0 Å². The van der Waals surface area contributed by atoms with Crippen molar-refractivity contribution in [2.45, 2.75) is 43.5 Å².